The molecular weight excluding hydrogens is 270 g/mol. The minimum Gasteiger partial charge on any atom is -0.481 e. The number of carboxylic acid groups (broad SMARTS) is 1. The number of carbonyl (C=O) groups is 2. The van der Waals surface area contributed by atoms with Gasteiger partial charge in [0.05, 0.1) is 5.92 Å². The first kappa shape index (κ1) is 14.3. The van der Waals surface area contributed by atoms with Crippen LogP contribution in [0, 0.1) is 17.8 Å². The molecule has 2 aliphatic rings. The third kappa shape index (κ3) is 2.91. The topological polar surface area (TPSA) is 91.8 Å². The first-order valence-corrected chi connectivity index (χ1v) is 8.37. The summed E-state index contributed by atoms with van der Waals surface area (Å²) in [4.78, 5) is 24.7. The number of likely N-dealkylation sites (tertiary alicyclic amines) is 1. The van der Waals surface area contributed by atoms with E-state index in [-0.39, 0.29) is 12.5 Å². The molecule has 0 spiro atoms. The Kier molecular flexibility index (Phi) is 3.59. The van der Waals surface area contributed by atoms with Crippen LogP contribution >= 0.6 is 0 Å². The number of carboxylic acids is 1. The molecule has 0 aromatic rings. The van der Waals surface area contributed by atoms with Gasteiger partial charge in [-0.2, -0.15) is 0 Å². The molecule has 1 aliphatic heterocycles. The van der Waals surface area contributed by atoms with E-state index in [1.54, 1.807) is 0 Å². The lowest BCUT2D eigenvalue weighted by Crippen LogP contribution is -2.40. The fourth-order valence-electron chi connectivity index (χ4n) is 2.71. The normalized spacial score (nSPS) is 29.3. The maximum absolute atomic E-state index is 12.1. The van der Waals surface area contributed by atoms with Gasteiger partial charge in [-0.3, -0.25) is 9.59 Å². The highest BCUT2D eigenvalue weighted by atomic mass is 32.2. The summed E-state index contributed by atoms with van der Waals surface area (Å²) in [6, 6.07) is 0. The van der Waals surface area contributed by atoms with E-state index in [2.05, 4.69) is 0 Å². The molecule has 7 heteroatoms. The molecule has 2 fully saturated rings. The van der Waals surface area contributed by atoms with Gasteiger partial charge < -0.3 is 10.0 Å². The zero-order chi connectivity index (χ0) is 14.4. The van der Waals surface area contributed by atoms with Crippen LogP contribution in [-0.2, 0) is 19.4 Å². The summed E-state index contributed by atoms with van der Waals surface area (Å²) >= 11 is 0. The first-order chi connectivity index (χ1) is 8.71. The van der Waals surface area contributed by atoms with Crippen LogP contribution in [0.3, 0.4) is 0 Å². The number of carbonyl (C=O) groups excluding carboxylic acids is 1. The van der Waals surface area contributed by atoms with Gasteiger partial charge in [-0.25, -0.2) is 8.42 Å². The number of hydrogen-bond donors (Lipinski definition) is 1. The molecule has 19 heavy (non-hydrogen) atoms. The molecule has 1 saturated heterocycles. The highest BCUT2D eigenvalue weighted by molar-refractivity contribution is 7.92. The monoisotopic (exact) mass is 289 g/mol. The Balaban J connectivity index is 2.11. The van der Waals surface area contributed by atoms with Gasteiger partial charge in [-0.15, -0.1) is 0 Å². The van der Waals surface area contributed by atoms with Crippen molar-refractivity contribution in [2.45, 2.75) is 25.0 Å². The average molecular weight is 289 g/mol. The molecule has 3 atom stereocenters. The number of rotatable bonds is 4. The van der Waals surface area contributed by atoms with Crippen molar-refractivity contribution in [1.29, 1.82) is 0 Å². The minimum atomic E-state index is -3.44. The number of sulfone groups is 1. The molecule has 0 aromatic heterocycles. The molecular formula is C12H19NO5S. The number of hydrogen-bond acceptors (Lipinski definition) is 4. The Labute approximate surface area is 112 Å². The van der Waals surface area contributed by atoms with Gasteiger partial charge in [0, 0.05) is 19.3 Å². The molecule has 2 rings (SSSR count). The van der Waals surface area contributed by atoms with Crippen LogP contribution < -0.4 is 0 Å². The van der Waals surface area contributed by atoms with Gasteiger partial charge in [0.1, 0.15) is 5.25 Å². The van der Waals surface area contributed by atoms with Crippen molar-refractivity contribution >= 4 is 21.7 Å². The third-order valence-corrected chi connectivity index (χ3v) is 5.70. The summed E-state index contributed by atoms with van der Waals surface area (Å²) in [5, 5.41) is 8.10. The summed E-state index contributed by atoms with van der Waals surface area (Å²) < 4.78 is 22.8. The largest absolute Gasteiger partial charge is 0.481 e. The van der Waals surface area contributed by atoms with Crippen molar-refractivity contribution in [3.8, 4) is 0 Å². The fourth-order valence-corrected chi connectivity index (χ4v) is 3.23. The van der Waals surface area contributed by atoms with Gasteiger partial charge in [0.15, 0.2) is 9.84 Å². The Bertz CT molecular complexity index is 496. The summed E-state index contributed by atoms with van der Waals surface area (Å²) in [7, 11) is -3.44. The zero-order valence-electron chi connectivity index (χ0n) is 11.1. The van der Waals surface area contributed by atoms with E-state index in [0.717, 1.165) is 19.1 Å². The van der Waals surface area contributed by atoms with Gasteiger partial charge in [-0.05, 0) is 31.6 Å². The van der Waals surface area contributed by atoms with Crippen LogP contribution in [0.1, 0.15) is 19.8 Å². The van der Waals surface area contributed by atoms with Crippen LogP contribution in [0.25, 0.3) is 0 Å². The molecule has 1 heterocycles. The smallest absolute Gasteiger partial charge is 0.308 e. The molecule has 1 N–H and O–H groups in total. The summed E-state index contributed by atoms with van der Waals surface area (Å²) in [6.07, 6.45) is 3.05. The molecule has 1 unspecified atom stereocenters. The summed E-state index contributed by atoms with van der Waals surface area (Å²) in [5.74, 6) is -1.56. The Hall–Kier alpha value is -1.11. The second kappa shape index (κ2) is 4.77. The van der Waals surface area contributed by atoms with E-state index < -0.39 is 32.9 Å². The molecule has 1 amide bonds. The quantitative estimate of drug-likeness (QED) is 0.786. The maximum atomic E-state index is 12.1. The van der Waals surface area contributed by atoms with Crippen molar-refractivity contribution in [3.05, 3.63) is 0 Å². The average Bonchev–Trinajstić information content (AvgIpc) is 3.04. The van der Waals surface area contributed by atoms with Crippen LogP contribution in [-0.4, -0.2) is 54.9 Å². The van der Waals surface area contributed by atoms with E-state index in [0.29, 0.717) is 12.5 Å². The van der Waals surface area contributed by atoms with Crippen LogP contribution in [0.5, 0.6) is 0 Å². The number of aliphatic carboxylic acids is 1. The lowest BCUT2D eigenvalue weighted by Gasteiger charge is -2.19. The number of amides is 1. The van der Waals surface area contributed by atoms with E-state index in [1.165, 1.54) is 11.8 Å². The lowest BCUT2D eigenvalue weighted by molar-refractivity contribution is -0.142. The van der Waals surface area contributed by atoms with E-state index >= 15 is 0 Å². The SMILES string of the molecule is CC(C(=O)N1C[C@H](C(=O)O)[C@@H](C2CC2)C1)S(C)(=O)=O. The summed E-state index contributed by atoms with van der Waals surface area (Å²) in [6.45, 7) is 1.87. The molecule has 6 nitrogen and oxygen atoms in total. The van der Waals surface area contributed by atoms with Gasteiger partial charge >= 0.3 is 5.97 Å². The molecule has 108 valence electrons. The maximum Gasteiger partial charge on any atom is 0.308 e. The first-order valence-electron chi connectivity index (χ1n) is 6.42. The molecule has 1 saturated carbocycles. The number of nitrogens with zero attached hydrogens (tertiary/aromatic N) is 1. The standard InChI is InChI=1S/C12H19NO5S/c1-7(19(2,17)18)11(14)13-5-9(8-3-4-8)10(6-13)12(15)16/h7-10H,3-6H2,1-2H3,(H,15,16)/t7?,9-,10+/m1/s1. The van der Waals surface area contributed by atoms with Crippen LogP contribution in [0.15, 0.2) is 0 Å². The second-order valence-corrected chi connectivity index (χ2v) is 8.03. The second-order valence-electron chi connectivity index (χ2n) is 5.66. The van der Waals surface area contributed by atoms with E-state index in [9.17, 15) is 23.1 Å². The Morgan fingerprint density at radius 1 is 1.26 bits per heavy atom. The van der Waals surface area contributed by atoms with Crippen molar-refractivity contribution in [2.75, 3.05) is 19.3 Å². The molecule has 0 radical (unpaired) electrons. The van der Waals surface area contributed by atoms with Crippen molar-refractivity contribution in [3.63, 3.8) is 0 Å². The van der Waals surface area contributed by atoms with Crippen molar-refractivity contribution < 1.29 is 23.1 Å². The minimum absolute atomic E-state index is 0.0202. The van der Waals surface area contributed by atoms with Crippen molar-refractivity contribution in [2.24, 2.45) is 17.8 Å². The van der Waals surface area contributed by atoms with Gasteiger partial charge in [0.25, 0.3) is 0 Å². The molecule has 1 aliphatic carbocycles. The van der Waals surface area contributed by atoms with Gasteiger partial charge in [0.2, 0.25) is 5.91 Å². The van der Waals surface area contributed by atoms with Gasteiger partial charge in [-0.1, -0.05) is 0 Å². The van der Waals surface area contributed by atoms with Crippen LogP contribution in [0.2, 0.25) is 0 Å². The van der Waals surface area contributed by atoms with E-state index in [1.807, 2.05) is 0 Å². The summed E-state index contributed by atoms with van der Waals surface area (Å²) in [5.41, 5.74) is 0. The lowest BCUT2D eigenvalue weighted by atomic mass is 9.92. The Morgan fingerprint density at radius 3 is 2.26 bits per heavy atom. The third-order valence-electron chi connectivity index (χ3n) is 4.21. The van der Waals surface area contributed by atoms with E-state index in [4.69, 9.17) is 0 Å². The highest BCUT2D eigenvalue weighted by Gasteiger charge is 2.47. The molecule has 0 bridgehead atoms. The predicted octanol–water partition coefficient (Wildman–Crippen LogP) is -0.0113. The molecule has 0 aromatic carbocycles. The van der Waals surface area contributed by atoms with Crippen molar-refractivity contribution in [1.82, 2.24) is 4.90 Å². The Morgan fingerprint density at radius 2 is 1.84 bits per heavy atom. The fraction of sp³-hybridized carbons (Fsp3) is 0.833. The van der Waals surface area contributed by atoms with Crippen LogP contribution in [0.4, 0.5) is 0 Å². The predicted molar refractivity (Wildman–Crippen MR) is 68.2 cm³/mol. The zero-order valence-corrected chi connectivity index (χ0v) is 11.9. The highest BCUT2D eigenvalue weighted by Crippen LogP contribution is 2.44.